The molecule has 0 radical (unpaired) electrons. The van der Waals surface area contributed by atoms with Crippen molar-refractivity contribution in [3.8, 4) is 0 Å². The van der Waals surface area contributed by atoms with Crippen LogP contribution in [0, 0.1) is 13.8 Å². The van der Waals surface area contributed by atoms with Gasteiger partial charge in [-0.25, -0.2) is 24.3 Å². The van der Waals surface area contributed by atoms with Crippen LogP contribution in [0.4, 0.5) is 0 Å². The van der Waals surface area contributed by atoms with E-state index in [1.165, 1.54) is 17.5 Å². The zero-order chi connectivity index (χ0) is 17.3. The maximum atomic E-state index is 4.16. The van der Waals surface area contributed by atoms with Gasteiger partial charge >= 0.3 is 25.8 Å². The summed E-state index contributed by atoms with van der Waals surface area (Å²) in [4.78, 5) is 6.28. The molecular formula is C21H33N2Sc. The van der Waals surface area contributed by atoms with E-state index in [1.54, 1.807) is 0 Å². The van der Waals surface area contributed by atoms with Crippen LogP contribution in [0.1, 0.15) is 44.7 Å². The Labute approximate surface area is 168 Å². The van der Waals surface area contributed by atoms with Crippen molar-refractivity contribution in [2.45, 2.75) is 47.5 Å². The Hall–Kier alpha value is -0.960. The molecule has 0 aromatic heterocycles. The summed E-state index contributed by atoms with van der Waals surface area (Å²) in [6, 6.07) is 16.5. The molecule has 2 aromatic rings. The van der Waals surface area contributed by atoms with Gasteiger partial charge in [-0.1, -0.05) is 34.6 Å². The van der Waals surface area contributed by atoms with Gasteiger partial charge in [0.2, 0.25) is 0 Å². The van der Waals surface area contributed by atoms with E-state index in [2.05, 4.69) is 75.1 Å². The van der Waals surface area contributed by atoms with Gasteiger partial charge in [0.15, 0.2) is 0 Å². The molecule has 0 aliphatic heterocycles. The first-order valence-corrected chi connectivity index (χ1v) is 8.67. The van der Waals surface area contributed by atoms with E-state index in [9.17, 15) is 0 Å². The van der Waals surface area contributed by atoms with Crippen molar-refractivity contribution in [2.75, 3.05) is 19.6 Å². The molecule has 0 N–H and O–H groups in total. The summed E-state index contributed by atoms with van der Waals surface area (Å²) < 4.78 is 0. The standard InChI is InChI=1S/C9H19N2.2C6H7.Sc/c1-4-7-10-9-11(6-3)8-5-2;2*1-6-4-2-3-5-6;/h4-8H2,1-3H3;2*2-5H,1H3;/q3*-1;+3. The van der Waals surface area contributed by atoms with Crippen LogP contribution in [0.25, 0.3) is 0 Å². The summed E-state index contributed by atoms with van der Waals surface area (Å²) in [5.41, 5.74) is 2.69. The molecule has 0 saturated heterocycles. The van der Waals surface area contributed by atoms with Gasteiger partial charge in [-0.15, -0.1) is 0 Å². The molecule has 24 heavy (non-hydrogen) atoms. The van der Waals surface area contributed by atoms with E-state index in [1.807, 2.05) is 24.3 Å². The van der Waals surface area contributed by atoms with Gasteiger partial charge in [0.05, 0.1) is 0 Å². The van der Waals surface area contributed by atoms with Crippen molar-refractivity contribution in [1.82, 2.24) is 4.90 Å². The fourth-order valence-electron chi connectivity index (χ4n) is 1.75. The number of hydrogen-bond donors (Lipinski definition) is 0. The Balaban J connectivity index is 0. The molecule has 3 heteroatoms. The van der Waals surface area contributed by atoms with Gasteiger partial charge < -0.3 is 9.89 Å². The normalized spacial score (nSPS) is 9.38. The summed E-state index contributed by atoms with van der Waals surface area (Å²) in [5.74, 6) is 0. The third-order valence-electron chi connectivity index (χ3n) is 3.08. The predicted octanol–water partition coefficient (Wildman–Crippen LogP) is 5.46. The van der Waals surface area contributed by atoms with Crippen molar-refractivity contribution < 1.29 is 25.8 Å². The van der Waals surface area contributed by atoms with Gasteiger partial charge in [-0.2, -0.15) is 35.4 Å². The maximum absolute atomic E-state index is 4.16. The van der Waals surface area contributed by atoms with Gasteiger partial charge in [0.25, 0.3) is 0 Å². The quantitative estimate of drug-likeness (QED) is 0.290. The summed E-state index contributed by atoms with van der Waals surface area (Å²) in [7, 11) is 0. The Kier molecular flexibility index (Phi) is 19.4. The summed E-state index contributed by atoms with van der Waals surface area (Å²) in [5, 5.41) is 0. The molecule has 2 aromatic carbocycles. The van der Waals surface area contributed by atoms with Crippen molar-refractivity contribution >= 4 is 6.34 Å². The molecule has 0 unspecified atom stereocenters. The third-order valence-corrected chi connectivity index (χ3v) is 3.08. The Morgan fingerprint density at radius 2 is 1.29 bits per heavy atom. The van der Waals surface area contributed by atoms with Gasteiger partial charge in [0, 0.05) is 6.54 Å². The van der Waals surface area contributed by atoms with E-state index < -0.39 is 0 Å². The minimum absolute atomic E-state index is 0. The summed E-state index contributed by atoms with van der Waals surface area (Å²) in [6.07, 6.45) is 5.31. The average molecular weight is 358 g/mol. The van der Waals surface area contributed by atoms with Crippen LogP contribution >= 0.6 is 0 Å². The zero-order valence-corrected chi connectivity index (χ0v) is 17.9. The second-order valence-corrected chi connectivity index (χ2v) is 5.49. The van der Waals surface area contributed by atoms with Crippen LogP contribution in [0.2, 0.25) is 0 Å². The maximum Gasteiger partial charge on any atom is 3.00 e. The number of hydrogen-bond acceptors (Lipinski definition) is 1. The monoisotopic (exact) mass is 358 g/mol. The van der Waals surface area contributed by atoms with Crippen LogP contribution in [-0.4, -0.2) is 30.9 Å². The molecule has 0 aliphatic carbocycles. The third kappa shape index (κ3) is 15.9. The predicted molar refractivity (Wildman–Crippen MR) is 104 cm³/mol. The number of rotatable bonds is 6. The molecule has 0 amide bonds. The van der Waals surface area contributed by atoms with Gasteiger partial charge in [0.1, 0.15) is 0 Å². The van der Waals surface area contributed by atoms with E-state index >= 15 is 0 Å². The van der Waals surface area contributed by atoms with Crippen LogP contribution in [0.5, 0.6) is 0 Å². The van der Waals surface area contributed by atoms with Gasteiger partial charge in [-0.3, -0.25) is 6.34 Å². The Morgan fingerprint density at radius 3 is 1.54 bits per heavy atom. The second kappa shape index (κ2) is 18.4. The van der Waals surface area contributed by atoms with E-state index in [0.29, 0.717) is 0 Å². The van der Waals surface area contributed by atoms with E-state index in [0.717, 1.165) is 26.1 Å². The summed E-state index contributed by atoms with van der Waals surface area (Å²) in [6.45, 7) is 13.6. The molecular weight excluding hydrogens is 325 g/mol. The smallest absolute Gasteiger partial charge is 0.538 e. The topological polar surface area (TPSA) is 15.6 Å². The van der Waals surface area contributed by atoms with Crippen LogP contribution in [0.3, 0.4) is 0 Å². The fourth-order valence-corrected chi connectivity index (χ4v) is 1.75. The van der Waals surface area contributed by atoms with Gasteiger partial charge in [-0.05, 0) is 25.9 Å². The first kappa shape index (κ1) is 25.3. The first-order valence-electron chi connectivity index (χ1n) is 8.67. The Bertz CT molecular complexity index is 426. The van der Waals surface area contributed by atoms with Crippen molar-refractivity contribution in [1.29, 1.82) is 0 Å². The van der Waals surface area contributed by atoms with Crippen molar-refractivity contribution in [3.05, 3.63) is 59.7 Å². The second-order valence-electron chi connectivity index (χ2n) is 5.49. The molecule has 0 fully saturated rings. The molecule has 2 rings (SSSR count). The molecule has 0 heterocycles. The summed E-state index contributed by atoms with van der Waals surface area (Å²) >= 11 is 0. The van der Waals surface area contributed by atoms with Crippen LogP contribution in [-0.2, 0) is 25.8 Å². The van der Waals surface area contributed by atoms with Crippen molar-refractivity contribution in [2.24, 2.45) is 4.99 Å². The molecule has 0 aliphatic rings. The number of aryl methyl sites for hydroxylation is 2. The minimum atomic E-state index is 0. The van der Waals surface area contributed by atoms with E-state index in [4.69, 9.17) is 0 Å². The molecule has 0 atom stereocenters. The molecule has 0 spiro atoms. The zero-order valence-electron chi connectivity index (χ0n) is 16.1. The molecule has 2 nitrogen and oxygen atoms in total. The largest absolute Gasteiger partial charge is 3.00 e. The fraction of sp³-hybridized carbons (Fsp3) is 0.476. The Morgan fingerprint density at radius 1 is 0.833 bits per heavy atom. The first-order chi connectivity index (χ1) is 11.1. The molecule has 130 valence electrons. The van der Waals surface area contributed by atoms with E-state index in [-0.39, 0.29) is 25.8 Å². The average Bonchev–Trinajstić information content (AvgIpc) is 3.21. The SMILES string of the molecule is CCCN=[C-]N(CC)CCC.C[c-]1cccc1.C[c-]1cccc1.[Sc+3]. The number of aliphatic imine (C=N–C) groups is 1. The van der Waals surface area contributed by atoms with Crippen LogP contribution in [0.15, 0.2) is 53.5 Å². The molecule has 0 saturated carbocycles. The van der Waals surface area contributed by atoms with Crippen LogP contribution < -0.4 is 0 Å². The van der Waals surface area contributed by atoms with Crippen molar-refractivity contribution in [3.63, 3.8) is 0 Å². The number of nitrogens with zero attached hydrogens (tertiary/aromatic N) is 2. The molecule has 0 bridgehead atoms. The minimum Gasteiger partial charge on any atom is -0.538 e.